The molecule has 0 aromatic carbocycles. The predicted molar refractivity (Wildman–Crippen MR) is 73.3 cm³/mol. The minimum atomic E-state index is -1.10. The number of allylic oxidation sites excluding steroid dienone is 1. The van der Waals surface area contributed by atoms with Crippen molar-refractivity contribution in [3.63, 3.8) is 0 Å². The summed E-state index contributed by atoms with van der Waals surface area (Å²) >= 11 is 0. The van der Waals surface area contributed by atoms with E-state index < -0.39 is 24.5 Å². The van der Waals surface area contributed by atoms with Crippen molar-refractivity contribution in [1.82, 2.24) is 10.2 Å². The monoisotopic (exact) mass is 286 g/mol. The highest BCUT2D eigenvalue weighted by Crippen LogP contribution is 2.07. The van der Waals surface area contributed by atoms with Crippen LogP contribution in [0.5, 0.6) is 0 Å². The van der Waals surface area contributed by atoms with Crippen LogP contribution in [0.2, 0.25) is 0 Å². The van der Waals surface area contributed by atoms with Gasteiger partial charge in [0.1, 0.15) is 13.1 Å². The molecule has 114 valence electrons. The second-order valence-corrected chi connectivity index (χ2v) is 4.07. The average Bonchev–Trinajstić information content (AvgIpc) is 2.43. The van der Waals surface area contributed by atoms with E-state index in [9.17, 15) is 14.4 Å². The Morgan fingerprint density at radius 3 is 2.45 bits per heavy atom. The summed E-state index contributed by atoms with van der Waals surface area (Å²) in [7, 11) is 1.19. The van der Waals surface area contributed by atoms with Crippen LogP contribution in [0.15, 0.2) is 12.2 Å². The molecule has 0 aliphatic heterocycles. The summed E-state index contributed by atoms with van der Waals surface area (Å²) in [5.74, 6) is -1.56. The van der Waals surface area contributed by atoms with Crippen LogP contribution in [-0.4, -0.2) is 54.2 Å². The molecule has 2 amide bonds. The van der Waals surface area contributed by atoms with Crippen LogP contribution >= 0.6 is 0 Å². The molecule has 0 bridgehead atoms. The fourth-order valence-electron chi connectivity index (χ4n) is 1.61. The van der Waals surface area contributed by atoms with E-state index in [4.69, 9.17) is 5.11 Å². The number of alkyl carbamates (subject to hydrolysis) is 1. The van der Waals surface area contributed by atoms with Crippen molar-refractivity contribution in [2.45, 2.75) is 32.7 Å². The number of aliphatic carboxylic acids is 1. The van der Waals surface area contributed by atoms with Crippen LogP contribution in [0.3, 0.4) is 0 Å². The van der Waals surface area contributed by atoms with Crippen LogP contribution in [0.4, 0.5) is 4.79 Å². The Kier molecular flexibility index (Phi) is 8.82. The molecule has 2 N–H and O–H groups in total. The minimum absolute atomic E-state index is 0.295. The molecule has 0 spiro atoms. The maximum Gasteiger partial charge on any atom is 0.407 e. The summed E-state index contributed by atoms with van der Waals surface area (Å²) in [6, 6.07) is -0.307. The normalized spacial score (nSPS) is 11.9. The zero-order chi connectivity index (χ0) is 15.5. The smallest absolute Gasteiger partial charge is 0.407 e. The minimum Gasteiger partial charge on any atom is -0.480 e. The molecular formula is C13H22N2O5. The quantitative estimate of drug-likeness (QED) is 0.649. The molecule has 7 nitrogen and oxygen atoms in total. The molecule has 0 saturated carbocycles. The van der Waals surface area contributed by atoms with E-state index in [1.165, 1.54) is 12.0 Å². The van der Waals surface area contributed by atoms with Crippen LogP contribution in [0.25, 0.3) is 0 Å². The number of nitrogens with one attached hydrogen (secondary N) is 1. The SMILES string of the molecule is CCC=C[C@@H](CC)N(CC(=O)O)C(=O)CNC(=O)OC. The Morgan fingerprint density at radius 2 is 2.00 bits per heavy atom. The second kappa shape index (κ2) is 9.82. The van der Waals surface area contributed by atoms with Crippen molar-refractivity contribution < 1.29 is 24.2 Å². The fraction of sp³-hybridized carbons (Fsp3) is 0.615. The largest absolute Gasteiger partial charge is 0.480 e. The number of hydrogen-bond donors (Lipinski definition) is 2. The number of ether oxygens (including phenoxy) is 1. The number of carbonyl (C=O) groups excluding carboxylic acids is 2. The van der Waals surface area contributed by atoms with Gasteiger partial charge in [-0.15, -0.1) is 0 Å². The first-order chi connectivity index (χ1) is 9.46. The Balaban J connectivity index is 4.83. The van der Waals surface area contributed by atoms with Crippen molar-refractivity contribution in [2.75, 3.05) is 20.2 Å². The van der Waals surface area contributed by atoms with Crippen molar-refractivity contribution in [3.05, 3.63) is 12.2 Å². The number of rotatable bonds is 8. The number of methoxy groups -OCH3 is 1. The summed E-state index contributed by atoms with van der Waals surface area (Å²) in [4.78, 5) is 35.1. The van der Waals surface area contributed by atoms with E-state index >= 15 is 0 Å². The molecule has 20 heavy (non-hydrogen) atoms. The predicted octanol–water partition coefficient (Wildman–Crippen LogP) is 1.00. The van der Waals surface area contributed by atoms with Crippen molar-refractivity contribution >= 4 is 18.0 Å². The zero-order valence-electron chi connectivity index (χ0n) is 12.1. The number of nitrogens with zero attached hydrogens (tertiary/aromatic N) is 1. The van der Waals surface area contributed by atoms with E-state index in [0.29, 0.717) is 6.42 Å². The summed E-state index contributed by atoms with van der Waals surface area (Å²) < 4.78 is 4.36. The summed E-state index contributed by atoms with van der Waals surface area (Å²) in [6.07, 6.45) is 4.34. The highest BCUT2D eigenvalue weighted by atomic mass is 16.5. The highest BCUT2D eigenvalue weighted by molar-refractivity contribution is 5.85. The lowest BCUT2D eigenvalue weighted by Crippen LogP contribution is -2.47. The van der Waals surface area contributed by atoms with Gasteiger partial charge in [-0.1, -0.05) is 26.0 Å². The van der Waals surface area contributed by atoms with Gasteiger partial charge in [0.25, 0.3) is 0 Å². The van der Waals surface area contributed by atoms with E-state index in [2.05, 4.69) is 10.1 Å². The summed E-state index contributed by atoms with van der Waals surface area (Å²) in [6.45, 7) is 3.11. The van der Waals surface area contributed by atoms with E-state index in [1.54, 1.807) is 6.08 Å². The molecule has 0 heterocycles. The lowest BCUT2D eigenvalue weighted by Gasteiger charge is -2.27. The molecule has 0 rings (SSSR count). The van der Waals surface area contributed by atoms with Crippen molar-refractivity contribution in [1.29, 1.82) is 0 Å². The number of hydrogen-bond acceptors (Lipinski definition) is 4. The molecule has 0 radical (unpaired) electrons. The number of carbonyl (C=O) groups is 3. The number of carboxylic acid groups (broad SMARTS) is 1. The van der Waals surface area contributed by atoms with Gasteiger partial charge in [-0.3, -0.25) is 9.59 Å². The van der Waals surface area contributed by atoms with Gasteiger partial charge in [-0.2, -0.15) is 0 Å². The molecule has 0 aromatic heterocycles. The first kappa shape index (κ1) is 17.9. The molecule has 7 heteroatoms. The van der Waals surface area contributed by atoms with Gasteiger partial charge < -0.3 is 20.1 Å². The lowest BCUT2D eigenvalue weighted by molar-refractivity contribution is -0.145. The maximum atomic E-state index is 12.0. The molecule has 1 atom stereocenters. The standard InChI is InChI=1S/C13H22N2O5/c1-4-6-7-10(5-2)15(9-12(17)18)11(16)8-14-13(19)20-3/h6-7,10H,4-5,8-9H2,1-3H3,(H,14,19)(H,17,18)/t10-/m1/s1. The molecule has 0 unspecified atom stereocenters. The summed E-state index contributed by atoms with van der Waals surface area (Å²) in [5, 5.41) is 11.1. The third kappa shape index (κ3) is 6.77. The lowest BCUT2D eigenvalue weighted by atomic mass is 10.1. The first-order valence-corrected chi connectivity index (χ1v) is 6.45. The fourth-order valence-corrected chi connectivity index (χ4v) is 1.61. The van der Waals surface area contributed by atoms with Gasteiger partial charge in [-0.05, 0) is 12.8 Å². The van der Waals surface area contributed by atoms with Gasteiger partial charge in [0.05, 0.1) is 13.2 Å². The number of amides is 2. The Labute approximate surface area is 118 Å². The third-order valence-corrected chi connectivity index (χ3v) is 2.61. The topological polar surface area (TPSA) is 95.9 Å². The maximum absolute atomic E-state index is 12.0. The zero-order valence-corrected chi connectivity index (χ0v) is 12.1. The first-order valence-electron chi connectivity index (χ1n) is 6.45. The van der Waals surface area contributed by atoms with Gasteiger partial charge in [-0.25, -0.2) is 4.79 Å². The highest BCUT2D eigenvalue weighted by Gasteiger charge is 2.23. The summed E-state index contributed by atoms with van der Waals surface area (Å²) in [5.41, 5.74) is 0. The molecule has 0 saturated heterocycles. The molecular weight excluding hydrogens is 264 g/mol. The van der Waals surface area contributed by atoms with Crippen LogP contribution in [-0.2, 0) is 14.3 Å². The van der Waals surface area contributed by atoms with E-state index in [1.807, 2.05) is 19.9 Å². The van der Waals surface area contributed by atoms with Crippen LogP contribution < -0.4 is 5.32 Å². The van der Waals surface area contributed by atoms with Gasteiger partial charge in [0.15, 0.2) is 0 Å². The van der Waals surface area contributed by atoms with Gasteiger partial charge in [0, 0.05) is 0 Å². The molecule has 0 fully saturated rings. The van der Waals surface area contributed by atoms with E-state index in [0.717, 1.165) is 6.42 Å². The van der Waals surface area contributed by atoms with Gasteiger partial charge in [0.2, 0.25) is 5.91 Å². The second-order valence-electron chi connectivity index (χ2n) is 4.07. The molecule has 0 aromatic rings. The van der Waals surface area contributed by atoms with Gasteiger partial charge >= 0.3 is 12.1 Å². The van der Waals surface area contributed by atoms with Crippen LogP contribution in [0, 0.1) is 0 Å². The Bertz CT molecular complexity index is 368. The molecule has 0 aliphatic rings. The van der Waals surface area contributed by atoms with Crippen molar-refractivity contribution in [2.24, 2.45) is 0 Å². The Morgan fingerprint density at radius 1 is 1.35 bits per heavy atom. The average molecular weight is 286 g/mol. The molecule has 0 aliphatic carbocycles. The van der Waals surface area contributed by atoms with E-state index in [-0.39, 0.29) is 12.6 Å². The number of carboxylic acids is 1. The third-order valence-electron chi connectivity index (χ3n) is 2.61. The van der Waals surface area contributed by atoms with Crippen molar-refractivity contribution in [3.8, 4) is 0 Å². The Hall–Kier alpha value is -2.05. The van der Waals surface area contributed by atoms with Crippen LogP contribution in [0.1, 0.15) is 26.7 Å².